The number of aliphatic hydroxyl groups is 1. The van der Waals surface area contributed by atoms with E-state index in [0.29, 0.717) is 6.54 Å². The summed E-state index contributed by atoms with van der Waals surface area (Å²) in [4.78, 5) is 0. The molecule has 0 aliphatic heterocycles. The first-order chi connectivity index (χ1) is 6.27. The maximum absolute atomic E-state index is 9.23. The molecule has 3 heteroatoms. The number of aromatic hydroxyl groups is 1. The smallest absolute Gasteiger partial charge is 0.117 e. The summed E-state index contributed by atoms with van der Waals surface area (Å²) >= 11 is 0. The molecular formula is C10H15NO2. The van der Waals surface area contributed by atoms with Crippen molar-refractivity contribution < 1.29 is 10.2 Å². The number of aryl methyl sites for hydroxylation is 1. The van der Waals surface area contributed by atoms with Crippen LogP contribution < -0.4 is 5.32 Å². The highest BCUT2D eigenvalue weighted by Gasteiger charge is 2.00. The van der Waals surface area contributed by atoms with Crippen LogP contribution in [0.3, 0.4) is 0 Å². The zero-order chi connectivity index (χ0) is 9.68. The van der Waals surface area contributed by atoms with Crippen molar-refractivity contribution in [2.45, 2.75) is 13.3 Å². The third-order valence-corrected chi connectivity index (χ3v) is 1.90. The van der Waals surface area contributed by atoms with E-state index in [1.54, 1.807) is 12.1 Å². The van der Waals surface area contributed by atoms with Gasteiger partial charge in [-0.05, 0) is 18.1 Å². The van der Waals surface area contributed by atoms with Gasteiger partial charge in [0.05, 0.1) is 6.61 Å². The summed E-state index contributed by atoms with van der Waals surface area (Å²) in [7, 11) is 0. The van der Waals surface area contributed by atoms with Crippen LogP contribution in [0.15, 0.2) is 18.2 Å². The van der Waals surface area contributed by atoms with Crippen molar-refractivity contribution >= 4 is 5.69 Å². The van der Waals surface area contributed by atoms with Gasteiger partial charge in [-0.25, -0.2) is 0 Å². The molecule has 3 N–H and O–H groups in total. The quantitative estimate of drug-likeness (QED) is 0.657. The third-order valence-electron chi connectivity index (χ3n) is 1.90. The van der Waals surface area contributed by atoms with Crippen LogP contribution in [0.5, 0.6) is 5.75 Å². The molecule has 0 amide bonds. The fourth-order valence-electron chi connectivity index (χ4n) is 1.23. The SMILES string of the molecule is CCc1ccc(O)cc1NCCO. The summed E-state index contributed by atoms with van der Waals surface area (Å²) in [5.41, 5.74) is 2.04. The number of phenols is 1. The number of anilines is 1. The van der Waals surface area contributed by atoms with Crippen molar-refractivity contribution in [3.8, 4) is 5.75 Å². The van der Waals surface area contributed by atoms with E-state index in [9.17, 15) is 5.11 Å². The van der Waals surface area contributed by atoms with Gasteiger partial charge in [0, 0.05) is 18.3 Å². The van der Waals surface area contributed by atoms with Crippen molar-refractivity contribution in [2.75, 3.05) is 18.5 Å². The molecule has 13 heavy (non-hydrogen) atoms. The molecule has 0 spiro atoms. The van der Waals surface area contributed by atoms with E-state index in [2.05, 4.69) is 12.2 Å². The first-order valence-corrected chi connectivity index (χ1v) is 4.44. The molecule has 1 rings (SSSR count). The Morgan fingerprint density at radius 3 is 2.77 bits per heavy atom. The average molecular weight is 181 g/mol. The van der Waals surface area contributed by atoms with Gasteiger partial charge in [-0.3, -0.25) is 0 Å². The predicted octanol–water partition coefficient (Wildman–Crippen LogP) is 1.36. The summed E-state index contributed by atoms with van der Waals surface area (Å²) < 4.78 is 0. The Kier molecular flexibility index (Phi) is 3.58. The molecule has 0 fully saturated rings. The van der Waals surface area contributed by atoms with Gasteiger partial charge in [-0.15, -0.1) is 0 Å². The fraction of sp³-hybridized carbons (Fsp3) is 0.400. The lowest BCUT2D eigenvalue weighted by molar-refractivity contribution is 0.311. The van der Waals surface area contributed by atoms with Gasteiger partial charge in [0.1, 0.15) is 5.75 Å². The maximum Gasteiger partial charge on any atom is 0.117 e. The Hall–Kier alpha value is -1.22. The van der Waals surface area contributed by atoms with Crippen LogP contribution in [0.2, 0.25) is 0 Å². The number of hydrogen-bond acceptors (Lipinski definition) is 3. The van der Waals surface area contributed by atoms with Gasteiger partial charge in [0.15, 0.2) is 0 Å². The van der Waals surface area contributed by atoms with E-state index < -0.39 is 0 Å². The minimum atomic E-state index is 0.0960. The predicted molar refractivity (Wildman–Crippen MR) is 53.1 cm³/mol. The zero-order valence-electron chi connectivity index (χ0n) is 7.75. The van der Waals surface area contributed by atoms with Crippen LogP contribution in [-0.4, -0.2) is 23.4 Å². The normalized spacial score (nSPS) is 10.0. The summed E-state index contributed by atoms with van der Waals surface area (Å²) in [6.07, 6.45) is 0.911. The molecule has 0 saturated heterocycles. The van der Waals surface area contributed by atoms with Gasteiger partial charge >= 0.3 is 0 Å². The molecule has 0 atom stereocenters. The molecule has 0 bridgehead atoms. The lowest BCUT2D eigenvalue weighted by Crippen LogP contribution is -2.07. The zero-order valence-corrected chi connectivity index (χ0v) is 7.75. The maximum atomic E-state index is 9.23. The van der Waals surface area contributed by atoms with Gasteiger partial charge in [-0.1, -0.05) is 13.0 Å². The van der Waals surface area contributed by atoms with Gasteiger partial charge < -0.3 is 15.5 Å². The van der Waals surface area contributed by atoms with Crippen LogP contribution in [0.4, 0.5) is 5.69 Å². The first-order valence-electron chi connectivity index (χ1n) is 4.44. The molecule has 0 radical (unpaired) electrons. The minimum Gasteiger partial charge on any atom is -0.508 e. The van der Waals surface area contributed by atoms with Crippen LogP contribution in [0.1, 0.15) is 12.5 Å². The summed E-state index contributed by atoms with van der Waals surface area (Å²) in [5, 5.41) is 20.9. The largest absolute Gasteiger partial charge is 0.508 e. The molecule has 0 aromatic heterocycles. The number of nitrogens with one attached hydrogen (secondary N) is 1. The Balaban J connectivity index is 2.81. The van der Waals surface area contributed by atoms with Crippen molar-refractivity contribution in [3.63, 3.8) is 0 Å². The highest BCUT2D eigenvalue weighted by Crippen LogP contribution is 2.21. The molecule has 0 saturated carbocycles. The number of aliphatic hydroxyl groups excluding tert-OH is 1. The van der Waals surface area contributed by atoms with Crippen LogP contribution in [-0.2, 0) is 6.42 Å². The molecule has 1 aromatic rings. The molecule has 1 aromatic carbocycles. The Bertz CT molecular complexity index is 274. The first kappa shape index (κ1) is 9.86. The summed E-state index contributed by atoms with van der Waals surface area (Å²) in [5.74, 6) is 0.248. The van der Waals surface area contributed by atoms with Crippen molar-refractivity contribution in [1.82, 2.24) is 0 Å². The Labute approximate surface area is 78.0 Å². The van der Waals surface area contributed by atoms with E-state index in [1.807, 2.05) is 6.07 Å². The average Bonchev–Trinajstić information content (AvgIpc) is 2.15. The lowest BCUT2D eigenvalue weighted by Gasteiger charge is -2.09. The van der Waals surface area contributed by atoms with Crippen molar-refractivity contribution in [1.29, 1.82) is 0 Å². The molecule has 0 heterocycles. The monoisotopic (exact) mass is 181 g/mol. The molecular weight excluding hydrogens is 166 g/mol. The second-order valence-corrected chi connectivity index (χ2v) is 2.85. The Morgan fingerprint density at radius 1 is 1.38 bits per heavy atom. The molecule has 3 nitrogen and oxygen atoms in total. The highest BCUT2D eigenvalue weighted by molar-refractivity contribution is 5.54. The van der Waals surface area contributed by atoms with Gasteiger partial charge in [-0.2, -0.15) is 0 Å². The minimum absolute atomic E-state index is 0.0960. The van der Waals surface area contributed by atoms with Crippen molar-refractivity contribution in [2.24, 2.45) is 0 Å². The molecule has 0 aliphatic carbocycles. The molecule has 72 valence electrons. The summed E-state index contributed by atoms with van der Waals surface area (Å²) in [6, 6.07) is 5.23. The number of rotatable bonds is 4. The number of phenolic OH excluding ortho intramolecular Hbond substituents is 1. The van der Waals surface area contributed by atoms with Gasteiger partial charge in [0.2, 0.25) is 0 Å². The summed E-state index contributed by atoms with van der Waals surface area (Å²) in [6.45, 7) is 2.66. The van der Waals surface area contributed by atoms with E-state index in [1.165, 1.54) is 0 Å². The van der Waals surface area contributed by atoms with Crippen LogP contribution >= 0.6 is 0 Å². The number of benzene rings is 1. The second-order valence-electron chi connectivity index (χ2n) is 2.85. The lowest BCUT2D eigenvalue weighted by atomic mass is 10.1. The second kappa shape index (κ2) is 4.72. The topological polar surface area (TPSA) is 52.5 Å². The Morgan fingerprint density at radius 2 is 2.15 bits per heavy atom. The molecule has 0 aliphatic rings. The highest BCUT2D eigenvalue weighted by atomic mass is 16.3. The van der Waals surface area contributed by atoms with E-state index in [0.717, 1.165) is 17.7 Å². The molecule has 0 unspecified atom stereocenters. The standard InChI is InChI=1S/C10H15NO2/c1-2-8-3-4-9(13)7-10(8)11-5-6-12/h3-4,7,11-13H,2,5-6H2,1H3. The van der Waals surface area contributed by atoms with E-state index in [-0.39, 0.29) is 12.4 Å². The van der Waals surface area contributed by atoms with Crippen LogP contribution in [0.25, 0.3) is 0 Å². The fourth-order valence-corrected chi connectivity index (χ4v) is 1.23. The number of hydrogen-bond donors (Lipinski definition) is 3. The third kappa shape index (κ3) is 2.63. The van der Waals surface area contributed by atoms with E-state index >= 15 is 0 Å². The van der Waals surface area contributed by atoms with Gasteiger partial charge in [0.25, 0.3) is 0 Å². The van der Waals surface area contributed by atoms with Crippen molar-refractivity contribution in [3.05, 3.63) is 23.8 Å². The van der Waals surface area contributed by atoms with E-state index in [4.69, 9.17) is 5.11 Å². The van der Waals surface area contributed by atoms with Crippen LogP contribution in [0, 0.1) is 0 Å².